The van der Waals surface area contributed by atoms with Gasteiger partial charge in [0.05, 0.1) is 10.6 Å². The summed E-state index contributed by atoms with van der Waals surface area (Å²) < 4.78 is 22.3. The van der Waals surface area contributed by atoms with Gasteiger partial charge in [-0.1, -0.05) is 36.4 Å². The first kappa shape index (κ1) is 15.2. The molecule has 0 radical (unpaired) electrons. The van der Waals surface area contributed by atoms with Gasteiger partial charge < -0.3 is 0 Å². The average Bonchev–Trinajstić information content (AvgIpc) is 2.46. The van der Waals surface area contributed by atoms with Crippen LogP contribution in [0.25, 0.3) is 6.08 Å². The molecule has 0 amide bonds. The Labute approximate surface area is 124 Å². The first-order valence-electron chi connectivity index (χ1n) is 6.36. The molecule has 2 rings (SSSR count). The number of hydrogen-bond acceptors (Lipinski definition) is 3. The molecule has 0 aliphatic carbocycles. The zero-order chi connectivity index (χ0) is 15.3. The van der Waals surface area contributed by atoms with Crippen molar-refractivity contribution in [3.05, 3.63) is 66.2 Å². The third kappa shape index (κ3) is 4.66. The number of aliphatic imine (C=N–C) groups is 1. The summed E-state index contributed by atoms with van der Waals surface area (Å²) in [4.78, 5) is 4.47. The SMILES string of the molecule is CC(/C=C/c1ccccc1)=Nc1ccc(S(N)(=O)=O)cc1. The maximum atomic E-state index is 11.2. The van der Waals surface area contributed by atoms with Crippen LogP contribution in [0, 0.1) is 0 Å². The van der Waals surface area contributed by atoms with Crippen LogP contribution in [-0.2, 0) is 10.0 Å². The highest BCUT2D eigenvalue weighted by molar-refractivity contribution is 7.89. The van der Waals surface area contributed by atoms with Crippen molar-refractivity contribution >= 4 is 27.5 Å². The molecule has 0 unspecified atom stereocenters. The van der Waals surface area contributed by atoms with E-state index in [1.807, 2.05) is 49.4 Å². The van der Waals surface area contributed by atoms with Crippen LogP contribution >= 0.6 is 0 Å². The molecule has 0 atom stereocenters. The van der Waals surface area contributed by atoms with Crippen molar-refractivity contribution in [2.24, 2.45) is 10.1 Å². The van der Waals surface area contributed by atoms with Crippen molar-refractivity contribution in [3.8, 4) is 0 Å². The quantitative estimate of drug-likeness (QED) is 0.881. The summed E-state index contributed by atoms with van der Waals surface area (Å²) in [7, 11) is -3.66. The van der Waals surface area contributed by atoms with Crippen LogP contribution in [0.2, 0.25) is 0 Å². The number of nitrogens with two attached hydrogens (primary N) is 1. The Bertz CT molecular complexity index is 762. The van der Waals surface area contributed by atoms with Gasteiger partial charge in [-0.2, -0.15) is 0 Å². The Kier molecular flexibility index (Phi) is 4.67. The van der Waals surface area contributed by atoms with Gasteiger partial charge in [-0.05, 0) is 42.8 Å². The lowest BCUT2D eigenvalue weighted by atomic mass is 10.2. The molecule has 0 fully saturated rings. The molecule has 0 saturated carbocycles. The van der Waals surface area contributed by atoms with E-state index in [0.29, 0.717) is 5.69 Å². The van der Waals surface area contributed by atoms with Crippen LogP contribution in [0.15, 0.2) is 70.6 Å². The van der Waals surface area contributed by atoms with E-state index in [-0.39, 0.29) is 4.90 Å². The fourth-order valence-electron chi connectivity index (χ4n) is 1.73. The summed E-state index contributed by atoms with van der Waals surface area (Å²) in [6.45, 7) is 1.88. The lowest BCUT2D eigenvalue weighted by molar-refractivity contribution is 0.598. The van der Waals surface area contributed by atoms with Gasteiger partial charge in [-0.25, -0.2) is 13.6 Å². The highest BCUT2D eigenvalue weighted by Gasteiger charge is 2.06. The van der Waals surface area contributed by atoms with Gasteiger partial charge in [0.25, 0.3) is 0 Å². The second-order valence-electron chi connectivity index (χ2n) is 4.54. The van der Waals surface area contributed by atoms with Gasteiger partial charge in [0, 0.05) is 5.71 Å². The molecule has 0 spiro atoms. The molecule has 108 valence electrons. The van der Waals surface area contributed by atoms with Gasteiger partial charge in [0.2, 0.25) is 10.0 Å². The molecule has 2 aromatic carbocycles. The summed E-state index contributed by atoms with van der Waals surface area (Å²) in [5, 5.41) is 5.05. The summed E-state index contributed by atoms with van der Waals surface area (Å²) in [5.74, 6) is 0. The average molecular weight is 300 g/mol. The molecule has 0 aliphatic rings. The maximum Gasteiger partial charge on any atom is 0.238 e. The first-order valence-corrected chi connectivity index (χ1v) is 7.91. The van der Waals surface area contributed by atoms with E-state index in [1.54, 1.807) is 12.1 Å². The predicted octanol–water partition coefficient (Wildman–Crippen LogP) is 3.14. The fraction of sp³-hybridized carbons (Fsp3) is 0.0625. The van der Waals surface area contributed by atoms with E-state index in [4.69, 9.17) is 5.14 Å². The Morgan fingerprint density at radius 2 is 1.67 bits per heavy atom. The van der Waals surface area contributed by atoms with E-state index in [1.165, 1.54) is 12.1 Å². The lowest BCUT2D eigenvalue weighted by Gasteiger charge is -1.99. The predicted molar refractivity (Wildman–Crippen MR) is 86.1 cm³/mol. The van der Waals surface area contributed by atoms with Crippen LogP contribution < -0.4 is 5.14 Å². The lowest BCUT2D eigenvalue weighted by Crippen LogP contribution is -2.11. The molecule has 0 aromatic heterocycles. The van der Waals surface area contributed by atoms with E-state index < -0.39 is 10.0 Å². The van der Waals surface area contributed by atoms with E-state index in [2.05, 4.69) is 4.99 Å². The molecule has 0 aliphatic heterocycles. The molecule has 0 heterocycles. The number of primary sulfonamides is 1. The number of rotatable bonds is 4. The topological polar surface area (TPSA) is 72.5 Å². The number of allylic oxidation sites excluding steroid dienone is 1. The minimum absolute atomic E-state index is 0.0823. The van der Waals surface area contributed by atoms with Crippen LogP contribution in [0.3, 0.4) is 0 Å². The van der Waals surface area contributed by atoms with Crippen molar-refractivity contribution < 1.29 is 8.42 Å². The van der Waals surface area contributed by atoms with Gasteiger partial charge in [-0.3, -0.25) is 4.99 Å². The summed E-state index contributed by atoms with van der Waals surface area (Å²) in [6, 6.07) is 16.1. The molecular formula is C16H16N2O2S. The van der Waals surface area contributed by atoms with Gasteiger partial charge in [0.15, 0.2) is 0 Å². The Balaban J connectivity index is 2.14. The number of hydrogen-bond donors (Lipinski definition) is 1. The molecule has 2 aromatic rings. The van der Waals surface area contributed by atoms with Gasteiger partial charge in [0.1, 0.15) is 0 Å². The minimum atomic E-state index is -3.66. The number of nitrogens with zero attached hydrogens (tertiary/aromatic N) is 1. The van der Waals surface area contributed by atoms with E-state index in [0.717, 1.165) is 11.3 Å². The molecule has 4 nitrogen and oxygen atoms in total. The molecule has 0 bridgehead atoms. The number of benzene rings is 2. The standard InChI is InChI=1S/C16H16N2O2S/c1-13(7-8-14-5-3-2-4-6-14)18-15-9-11-16(12-10-15)21(17,19)20/h2-12H,1H3,(H2,17,19,20)/b8-7+,18-13?. The van der Waals surface area contributed by atoms with Crippen molar-refractivity contribution in [2.45, 2.75) is 11.8 Å². The molecule has 2 N–H and O–H groups in total. The third-order valence-corrected chi connectivity index (χ3v) is 3.72. The van der Waals surface area contributed by atoms with Gasteiger partial charge in [-0.15, -0.1) is 0 Å². The van der Waals surface area contributed by atoms with Crippen LogP contribution in [-0.4, -0.2) is 14.1 Å². The third-order valence-electron chi connectivity index (χ3n) is 2.79. The molecule has 21 heavy (non-hydrogen) atoms. The van der Waals surface area contributed by atoms with Crippen LogP contribution in [0.4, 0.5) is 5.69 Å². The van der Waals surface area contributed by atoms with Crippen LogP contribution in [0.1, 0.15) is 12.5 Å². The second-order valence-corrected chi connectivity index (χ2v) is 6.10. The van der Waals surface area contributed by atoms with Crippen molar-refractivity contribution in [2.75, 3.05) is 0 Å². The smallest absolute Gasteiger partial charge is 0.238 e. The van der Waals surface area contributed by atoms with E-state index >= 15 is 0 Å². The molecule has 0 saturated heterocycles. The summed E-state index contributed by atoms with van der Waals surface area (Å²) in [6.07, 6.45) is 3.88. The monoisotopic (exact) mass is 300 g/mol. The first-order chi connectivity index (χ1) is 9.95. The van der Waals surface area contributed by atoms with Crippen molar-refractivity contribution in [1.82, 2.24) is 0 Å². The Morgan fingerprint density at radius 1 is 1.05 bits per heavy atom. The largest absolute Gasteiger partial charge is 0.254 e. The molecular weight excluding hydrogens is 284 g/mol. The van der Waals surface area contributed by atoms with Crippen molar-refractivity contribution in [3.63, 3.8) is 0 Å². The van der Waals surface area contributed by atoms with Gasteiger partial charge >= 0.3 is 0 Å². The van der Waals surface area contributed by atoms with Crippen LogP contribution in [0.5, 0.6) is 0 Å². The summed E-state index contributed by atoms with van der Waals surface area (Å²) in [5.41, 5.74) is 2.59. The zero-order valence-electron chi connectivity index (χ0n) is 11.6. The zero-order valence-corrected chi connectivity index (χ0v) is 12.4. The molecule has 5 heteroatoms. The fourth-order valence-corrected chi connectivity index (χ4v) is 2.25. The maximum absolute atomic E-state index is 11.2. The van der Waals surface area contributed by atoms with Crippen molar-refractivity contribution in [1.29, 1.82) is 0 Å². The highest BCUT2D eigenvalue weighted by Crippen LogP contribution is 2.16. The Morgan fingerprint density at radius 3 is 2.24 bits per heavy atom. The Hall–Kier alpha value is -2.24. The minimum Gasteiger partial charge on any atom is -0.254 e. The normalized spacial score (nSPS) is 12.8. The summed E-state index contributed by atoms with van der Waals surface area (Å²) >= 11 is 0. The highest BCUT2D eigenvalue weighted by atomic mass is 32.2. The number of sulfonamides is 1. The second kappa shape index (κ2) is 6.47. The van der Waals surface area contributed by atoms with E-state index in [9.17, 15) is 8.42 Å².